The first kappa shape index (κ1) is 12.7. The molecule has 3 rings (SSSR count). The van der Waals surface area contributed by atoms with Crippen molar-refractivity contribution in [2.75, 3.05) is 11.9 Å². The minimum Gasteiger partial charge on any atom is -0.385 e. The Labute approximate surface area is 118 Å². The highest BCUT2D eigenvalue weighted by molar-refractivity contribution is 6.42. The Balaban J connectivity index is 2.32. The number of ketones is 2. The van der Waals surface area contributed by atoms with Crippen molar-refractivity contribution in [3.05, 3.63) is 58.7 Å². The fourth-order valence-corrected chi connectivity index (χ4v) is 2.59. The van der Waals surface area contributed by atoms with Crippen LogP contribution in [0.25, 0.3) is 0 Å². The Hall–Kier alpha value is -2.36. The molecule has 0 unspecified atom stereocenters. The number of benzene rings is 2. The molecule has 0 saturated carbocycles. The van der Waals surface area contributed by atoms with Gasteiger partial charge in [-0.1, -0.05) is 35.8 Å². The van der Waals surface area contributed by atoms with Gasteiger partial charge in [0.2, 0.25) is 0 Å². The number of hydrogen-bond donors (Lipinski definition) is 1. The molecule has 2 aromatic rings. The number of nitrogens with one attached hydrogen (secondary N) is 1. The van der Waals surface area contributed by atoms with Crippen LogP contribution in [-0.2, 0) is 0 Å². The smallest absolute Gasteiger partial charge is 0.196 e. The van der Waals surface area contributed by atoms with Gasteiger partial charge in [0.25, 0.3) is 0 Å². The molecule has 2 radical (unpaired) electrons. The number of anilines is 1. The minimum absolute atomic E-state index is 0.154. The van der Waals surface area contributed by atoms with E-state index in [1.54, 1.807) is 36.4 Å². The lowest BCUT2D eigenvalue weighted by Gasteiger charge is -2.22. The average molecular weight is 261 g/mol. The van der Waals surface area contributed by atoms with E-state index in [1.165, 1.54) is 0 Å². The second-order valence-electron chi connectivity index (χ2n) is 4.69. The van der Waals surface area contributed by atoms with Crippen molar-refractivity contribution in [1.82, 2.24) is 0 Å². The quantitative estimate of drug-likeness (QED) is 0.714. The minimum atomic E-state index is -0.188. The monoisotopic (exact) mass is 261 g/mol. The predicted octanol–water partition coefficient (Wildman–Crippen LogP) is 1.69. The average Bonchev–Trinajstić information content (AvgIpc) is 2.47. The van der Waals surface area contributed by atoms with Crippen LogP contribution in [0.5, 0.6) is 0 Å². The first-order valence-corrected chi connectivity index (χ1v) is 6.50. The Morgan fingerprint density at radius 2 is 1.55 bits per heavy atom. The van der Waals surface area contributed by atoms with Crippen molar-refractivity contribution >= 4 is 30.6 Å². The Kier molecular flexibility index (Phi) is 2.94. The van der Waals surface area contributed by atoms with Crippen molar-refractivity contribution in [1.29, 1.82) is 0 Å². The number of carbonyl (C=O) groups is 2. The van der Waals surface area contributed by atoms with Gasteiger partial charge in [-0.05, 0) is 13.0 Å². The summed E-state index contributed by atoms with van der Waals surface area (Å²) < 4.78 is 0. The summed E-state index contributed by atoms with van der Waals surface area (Å²) in [6, 6.07) is 10.3. The standard InChI is InChI=1S/C16H12BNO2/c1-2-18-12-8-7-11(17)13-14(12)16(20)10-6-4-3-5-9(10)15(13)19/h3-8,18H,2H2,1H3. The highest BCUT2D eigenvalue weighted by Crippen LogP contribution is 2.30. The molecule has 96 valence electrons. The van der Waals surface area contributed by atoms with Crippen LogP contribution in [0.4, 0.5) is 5.69 Å². The van der Waals surface area contributed by atoms with E-state index in [0.717, 1.165) is 0 Å². The van der Waals surface area contributed by atoms with E-state index < -0.39 is 0 Å². The fraction of sp³-hybridized carbons (Fsp3) is 0.125. The van der Waals surface area contributed by atoms with Crippen LogP contribution in [-0.4, -0.2) is 26.0 Å². The Morgan fingerprint density at radius 3 is 2.15 bits per heavy atom. The van der Waals surface area contributed by atoms with E-state index in [9.17, 15) is 9.59 Å². The second-order valence-corrected chi connectivity index (χ2v) is 4.69. The molecule has 4 heteroatoms. The van der Waals surface area contributed by atoms with Crippen molar-refractivity contribution in [2.24, 2.45) is 0 Å². The van der Waals surface area contributed by atoms with Crippen molar-refractivity contribution in [2.45, 2.75) is 6.92 Å². The first-order chi connectivity index (χ1) is 9.65. The van der Waals surface area contributed by atoms with Gasteiger partial charge in [-0.2, -0.15) is 0 Å². The molecule has 2 aromatic carbocycles. The summed E-state index contributed by atoms with van der Waals surface area (Å²) in [6.45, 7) is 2.60. The molecular weight excluding hydrogens is 249 g/mol. The third kappa shape index (κ3) is 1.68. The molecule has 0 bridgehead atoms. The number of rotatable bonds is 2. The molecule has 0 spiro atoms. The van der Waals surface area contributed by atoms with Gasteiger partial charge >= 0.3 is 0 Å². The van der Waals surface area contributed by atoms with Crippen molar-refractivity contribution in [3.63, 3.8) is 0 Å². The Morgan fingerprint density at radius 1 is 0.950 bits per heavy atom. The summed E-state index contributed by atoms with van der Waals surface area (Å²) >= 11 is 0. The molecule has 1 aliphatic carbocycles. The number of hydrogen-bond acceptors (Lipinski definition) is 3. The molecule has 0 aromatic heterocycles. The van der Waals surface area contributed by atoms with E-state index in [4.69, 9.17) is 7.85 Å². The summed E-state index contributed by atoms with van der Waals surface area (Å²) in [4.78, 5) is 25.2. The van der Waals surface area contributed by atoms with E-state index in [-0.39, 0.29) is 11.6 Å². The summed E-state index contributed by atoms with van der Waals surface area (Å²) in [7, 11) is 5.92. The lowest BCUT2D eigenvalue weighted by Crippen LogP contribution is -2.29. The highest BCUT2D eigenvalue weighted by Gasteiger charge is 2.32. The zero-order valence-electron chi connectivity index (χ0n) is 11.1. The summed E-state index contributed by atoms with van der Waals surface area (Å²) in [5, 5.41) is 3.12. The summed E-state index contributed by atoms with van der Waals surface area (Å²) in [6.07, 6.45) is 0. The topological polar surface area (TPSA) is 46.2 Å². The van der Waals surface area contributed by atoms with Gasteiger partial charge in [-0.25, -0.2) is 0 Å². The molecule has 0 atom stereocenters. The zero-order chi connectivity index (χ0) is 14.3. The van der Waals surface area contributed by atoms with Crippen LogP contribution in [0.2, 0.25) is 0 Å². The maximum Gasteiger partial charge on any atom is 0.196 e. The highest BCUT2D eigenvalue weighted by atomic mass is 16.1. The maximum absolute atomic E-state index is 12.7. The van der Waals surface area contributed by atoms with Crippen LogP contribution in [0, 0.1) is 0 Å². The van der Waals surface area contributed by atoms with E-state index in [1.807, 2.05) is 6.92 Å². The lowest BCUT2D eigenvalue weighted by molar-refractivity contribution is 0.0980. The molecule has 0 aliphatic heterocycles. The molecule has 1 N–H and O–H groups in total. The fourth-order valence-electron chi connectivity index (χ4n) is 2.59. The van der Waals surface area contributed by atoms with E-state index in [0.29, 0.717) is 39.9 Å². The molecule has 20 heavy (non-hydrogen) atoms. The van der Waals surface area contributed by atoms with Crippen LogP contribution in [0.15, 0.2) is 36.4 Å². The van der Waals surface area contributed by atoms with Crippen LogP contribution >= 0.6 is 0 Å². The third-order valence-corrected chi connectivity index (χ3v) is 3.48. The summed E-state index contributed by atoms with van der Waals surface area (Å²) in [5.74, 6) is -0.342. The van der Waals surface area contributed by atoms with Crippen LogP contribution in [0.3, 0.4) is 0 Å². The van der Waals surface area contributed by atoms with Crippen molar-refractivity contribution in [3.8, 4) is 0 Å². The molecule has 0 saturated heterocycles. The van der Waals surface area contributed by atoms with Gasteiger partial charge in [0, 0.05) is 28.9 Å². The van der Waals surface area contributed by atoms with Gasteiger partial charge in [-0.15, -0.1) is 0 Å². The third-order valence-electron chi connectivity index (χ3n) is 3.48. The number of fused-ring (bicyclic) bond motifs is 2. The van der Waals surface area contributed by atoms with Crippen molar-refractivity contribution < 1.29 is 9.59 Å². The second kappa shape index (κ2) is 4.64. The zero-order valence-corrected chi connectivity index (χ0v) is 11.1. The van der Waals surface area contributed by atoms with Gasteiger partial charge < -0.3 is 5.32 Å². The summed E-state index contributed by atoms with van der Waals surface area (Å²) in [5.41, 5.74) is 2.56. The van der Waals surface area contributed by atoms with Crippen LogP contribution < -0.4 is 10.8 Å². The van der Waals surface area contributed by atoms with Gasteiger partial charge in [0.15, 0.2) is 11.6 Å². The maximum atomic E-state index is 12.7. The largest absolute Gasteiger partial charge is 0.385 e. The van der Waals surface area contributed by atoms with E-state index in [2.05, 4.69) is 5.32 Å². The van der Waals surface area contributed by atoms with E-state index >= 15 is 0 Å². The SMILES string of the molecule is [B]c1ccc(NCC)c2c1C(=O)c1ccccc1C2=O. The normalized spacial score (nSPS) is 12.8. The van der Waals surface area contributed by atoms with Gasteiger partial charge in [0.05, 0.1) is 5.56 Å². The lowest BCUT2D eigenvalue weighted by atomic mass is 9.76. The predicted molar refractivity (Wildman–Crippen MR) is 79.3 cm³/mol. The molecule has 0 amide bonds. The van der Waals surface area contributed by atoms with Gasteiger partial charge in [-0.3, -0.25) is 9.59 Å². The molecule has 1 aliphatic rings. The Bertz CT molecular complexity index is 737. The molecular formula is C16H12BNO2. The molecule has 0 heterocycles. The van der Waals surface area contributed by atoms with Crippen LogP contribution in [0.1, 0.15) is 38.8 Å². The first-order valence-electron chi connectivity index (χ1n) is 6.50. The molecule has 0 fully saturated rings. The molecule has 3 nitrogen and oxygen atoms in total. The number of carbonyl (C=O) groups excluding carboxylic acids is 2. The van der Waals surface area contributed by atoms with Gasteiger partial charge in [0.1, 0.15) is 7.85 Å².